The SMILES string of the molecule is O=C(CCC1CCNC1)OC1COC1. The number of ether oxygens (including phenoxy) is 2. The van der Waals surface area contributed by atoms with Crippen LogP contribution in [0.25, 0.3) is 0 Å². The van der Waals surface area contributed by atoms with E-state index in [-0.39, 0.29) is 12.1 Å². The molecule has 1 atom stereocenters. The third kappa shape index (κ3) is 2.69. The Morgan fingerprint density at radius 1 is 1.50 bits per heavy atom. The lowest BCUT2D eigenvalue weighted by Gasteiger charge is -2.25. The first kappa shape index (κ1) is 9.93. The molecule has 0 aliphatic carbocycles. The smallest absolute Gasteiger partial charge is 0.306 e. The maximum absolute atomic E-state index is 11.3. The molecule has 0 radical (unpaired) electrons. The summed E-state index contributed by atoms with van der Waals surface area (Å²) < 4.78 is 10.1. The minimum absolute atomic E-state index is 0.0317. The molecule has 2 aliphatic heterocycles. The molecular weight excluding hydrogens is 182 g/mol. The second kappa shape index (κ2) is 4.75. The van der Waals surface area contributed by atoms with Crippen LogP contribution >= 0.6 is 0 Å². The van der Waals surface area contributed by atoms with E-state index in [1.54, 1.807) is 0 Å². The Balaban J connectivity index is 1.57. The van der Waals surface area contributed by atoms with Gasteiger partial charge in [-0.3, -0.25) is 4.79 Å². The molecule has 0 aromatic heterocycles. The Kier molecular flexibility index (Phi) is 3.37. The number of nitrogens with one attached hydrogen (secondary N) is 1. The summed E-state index contributed by atoms with van der Waals surface area (Å²) in [5.41, 5.74) is 0. The van der Waals surface area contributed by atoms with Gasteiger partial charge in [0.05, 0.1) is 13.2 Å². The van der Waals surface area contributed by atoms with Crippen molar-refractivity contribution in [1.29, 1.82) is 0 Å². The van der Waals surface area contributed by atoms with Crippen LogP contribution in [0.2, 0.25) is 0 Å². The van der Waals surface area contributed by atoms with Gasteiger partial charge in [0.15, 0.2) is 0 Å². The lowest BCUT2D eigenvalue weighted by atomic mass is 10.0. The van der Waals surface area contributed by atoms with Crippen LogP contribution in [-0.2, 0) is 14.3 Å². The zero-order valence-corrected chi connectivity index (χ0v) is 8.33. The minimum atomic E-state index is -0.0646. The molecule has 4 nitrogen and oxygen atoms in total. The van der Waals surface area contributed by atoms with Gasteiger partial charge in [-0.25, -0.2) is 0 Å². The summed E-state index contributed by atoms with van der Waals surface area (Å²) in [6.45, 7) is 3.31. The van der Waals surface area contributed by atoms with Gasteiger partial charge in [0.1, 0.15) is 6.10 Å². The molecule has 1 N–H and O–H groups in total. The monoisotopic (exact) mass is 199 g/mol. The predicted molar refractivity (Wildman–Crippen MR) is 50.9 cm³/mol. The Morgan fingerprint density at radius 3 is 2.93 bits per heavy atom. The van der Waals surface area contributed by atoms with Crippen LogP contribution in [0, 0.1) is 5.92 Å². The first-order chi connectivity index (χ1) is 6.84. The Labute approximate surface area is 84.0 Å². The molecule has 2 saturated heterocycles. The average Bonchev–Trinajstić information content (AvgIpc) is 2.60. The van der Waals surface area contributed by atoms with Crippen LogP contribution in [0.5, 0.6) is 0 Å². The molecular formula is C10H17NO3. The highest BCUT2D eigenvalue weighted by atomic mass is 16.6. The maximum atomic E-state index is 11.3. The van der Waals surface area contributed by atoms with Crippen molar-refractivity contribution < 1.29 is 14.3 Å². The van der Waals surface area contributed by atoms with E-state index < -0.39 is 0 Å². The zero-order valence-electron chi connectivity index (χ0n) is 8.33. The van der Waals surface area contributed by atoms with Crippen molar-refractivity contribution in [3.63, 3.8) is 0 Å². The summed E-state index contributed by atoms with van der Waals surface area (Å²) in [4.78, 5) is 11.3. The quantitative estimate of drug-likeness (QED) is 0.662. The summed E-state index contributed by atoms with van der Waals surface area (Å²) in [6, 6.07) is 0. The predicted octanol–water partition coefficient (Wildman–Crippen LogP) is 0.318. The molecule has 2 heterocycles. The topological polar surface area (TPSA) is 47.6 Å². The van der Waals surface area contributed by atoms with Crippen molar-refractivity contribution in [2.24, 2.45) is 5.92 Å². The second-order valence-electron chi connectivity index (χ2n) is 4.05. The van der Waals surface area contributed by atoms with E-state index in [1.807, 2.05) is 0 Å². The van der Waals surface area contributed by atoms with Crippen molar-refractivity contribution in [1.82, 2.24) is 5.32 Å². The molecule has 0 aromatic rings. The van der Waals surface area contributed by atoms with Crippen LogP contribution in [0.15, 0.2) is 0 Å². The normalized spacial score (nSPS) is 27.3. The van der Waals surface area contributed by atoms with Crippen molar-refractivity contribution >= 4 is 5.97 Å². The zero-order chi connectivity index (χ0) is 9.80. The summed E-state index contributed by atoms with van der Waals surface area (Å²) in [5, 5.41) is 3.29. The Hall–Kier alpha value is -0.610. The van der Waals surface area contributed by atoms with Gasteiger partial charge in [0.2, 0.25) is 0 Å². The molecule has 14 heavy (non-hydrogen) atoms. The average molecular weight is 199 g/mol. The van der Waals surface area contributed by atoms with Gasteiger partial charge in [-0.2, -0.15) is 0 Å². The Morgan fingerprint density at radius 2 is 2.36 bits per heavy atom. The molecule has 0 bridgehead atoms. The third-order valence-electron chi connectivity index (χ3n) is 2.82. The third-order valence-corrected chi connectivity index (χ3v) is 2.82. The van der Waals surface area contributed by atoms with E-state index in [2.05, 4.69) is 5.32 Å². The first-order valence-corrected chi connectivity index (χ1v) is 5.32. The number of rotatable bonds is 4. The number of carbonyl (C=O) groups is 1. The van der Waals surface area contributed by atoms with Gasteiger partial charge in [0, 0.05) is 6.42 Å². The van der Waals surface area contributed by atoms with Gasteiger partial charge >= 0.3 is 5.97 Å². The van der Waals surface area contributed by atoms with Gasteiger partial charge in [-0.1, -0.05) is 0 Å². The van der Waals surface area contributed by atoms with Crippen molar-refractivity contribution in [2.75, 3.05) is 26.3 Å². The maximum Gasteiger partial charge on any atom is 0.306 e. The molecule has 2 fully saturated rings. The van der Waals surface area contributed by atoms with E-state index in [0.29, 0.717) is 25.6 Å². The Bertz CT molecular complexity index is 198. The molecule has 1 unspecified atom stereocenters. The van der Waals surface area contributed by atoms with Crippen LogP contribution in [0.3, 0.4) is 0 Å². The molecule has 4 heteroatoms. The summed E-state index contributed by atoms with van der Waals surface area (Å²) in [5.74, 6) is 0.602. The standard InChI is InChI=1S/C10H17NO3/c12-10(14-9-6-13-7-9)2-1-8-3-4-11-5-8/h8-9,11H,1-7H2. The molecule has 0 spiro atoms. The summed E-state index contributed by atoms with van der Waals surface area (Å²) in [7, 11) is 0. The van der Waals surface area contributed by atoms with E-state index in [1.165, 1.54) is 6.42 Å². The highest BCUT2D eigenvalue weighted by Gasteiger charge is 2.23. The van der Waals surface area contributed by atoms with Crippen molar-refractivity contribution in [3.05, 3.63) is 0 Å². The van der Waals surface area contributed by atoms with Gasteiger partial charge in [-0.05, 0) is 31.8 Å². The number of esters is 1. The molecule has 0 amide bonds. The van der Waals surface area contributed by atoms with E-state index in [4.69, 9.17) is 9.47 Å². The van der Waals surface area contributed by atoms with E-state index in [0.717, 1.165) is 19.5 Å². The van der Waals surface area contributed by atoms with Gasteiger partial charge in [0.25, 0.3) is 0 Å². The summed E-state index contributed by atoms with van der Waals surface area (Å²) >= 11 is 0. The lowest BCUT2D eigenvalue weighted by Crippen LogP contribution is -2.37. The summed E-state index contributed by atoms with van der Waals surface area (Å²) in [6.07, 6.45) is 2.74. The molecule has 80 valence electrons. The van der Waals surface area contributed by atoms with Crippen LogP contribution in [-0.4, -0.2) is 38.4 Å². The number of hydrogen-bond acceptors (Lipinski definition) is 4. The first-order valence-electron chi connectivity index (χ1n) is 5.32. The van der Waals surface area contributed by atoms with Crippen LogP contribution < -0.4 is 5.32 Å². The van der Waals surface area contributed by atoms with Gasteiger partial charge < -0.3 is 14.8 Å². The number of hydrogen-bond donors (Lipinski definition) is 1. The van der Waals surface area contributed by atoms with Crippen LogP contribution in [0.1, 0.15) is 19.3 Å². The fraction of sp³-hybridized carbons (Fsp3) is 0.900. The minimum Gasteiger partial charge on any atom is -0.457 e. The lowest BCUT2D eigenvalue weighted by molar-refractivity contribution is -0.172. The molecule has 2 aliphatic rings. The number of carbonyl (C=O) groups excluding carboxylic acids is 1. The van der Waals surface area contributed by atoms with E-state index in [9.17, 15) is 4.79 Å². The van der Waals surface area contributed by atoms with E-state index >= 15 is 0 Å². The fourth-order valence-corrected chi connectivity index (χ4v) is 1.81. The molecule has 0 saturated carbocycles. The largest absolute Gasteiger partial charge is 0.457 e. The van der Waals surface area contributed by atoms with Crippen molar-refractivity contribution in [2.45, 2.75) is 25.4 Å². The highest BCUT2D eigenvalue weighted by Crippen LogP contribution is 2.15. The van der Waals surface area contributed by atoms with Gasteiger partial charge in [-0.15, -0.1) is 0 Å². The van der Waals surface area contributed by atoms with Crippen LogP contribution in [0.4, 0.5) is 0 Å². The van der Waals surface area contributed by atoms with Crippen molar-refractivity contribution in [3.8, 4) is 0 Å². The highest BCUT2D eigenvalue weighted by molar-refractivity contribution is 5.69. The molecule has 2 rings (SSSR count). The second-order valence-corrected chi connectivity index (χ2v) is 4.05. The molecule has 0 aromatic carbocycles. The fourth-order valence-electron chi connectivity index (χ4n) is 1.81.